The van der Waals surface area contributed by atoms with Gasteiger partial charge in [-0.3, -0.25) is 4.68 Å². The van der Waals surface area contributed by atoms with Gasteiger partial charge in [0.25, 0.3) is 6.08 Å². The number of carbonyl (C=O) groups is 1. The highest BCUT2D eigenvalue weighted by molar-refractivity contribution is 5.77. The molecule has 0 spiro atoms. The smallest absolute Gasteiger partial charge is 0.333 e. The molecule has 0 fully saturated rings. The van der Waals surface area contributed by atoms with E-state index in [9.17, 15) is 13.6 Å². The van der Waals surface area contributed by atoms with E-state index in [2.05, 4.69) is 5.10 Å². The summed E-state index contributed by atoms with van der Waals surface area (Å²) in [4.78, 5) is 12.0. The van der Waals surface area contributed by atoms with E-state index in [0.29, 0.717) is 0 Å². The standard InChI is InChI=1S/C13H18F2N2O2/c1-9-8-10(2)17(16-9)13(3,4)12(18)19-7-5-6-11(14)15/h6,8H,5,7H2,1-4H3. The second kappa shape index (κ2) is 5.95. The summed E-state index contributed by atoms with van der Waals surface area (Å²) in [6.45, 7) is 6.97. The van der Waals surface area contributed by atoms with Crippen molar-refractivity contribution in [1.82, 2.24) is 9.78 Å². The summed E-state index contributed by atoms with van der Waals surface area (Å²) in [6, 6.07) is 1.86. The number of ether oxygens (including phenoxy) is 1. The van der Waals surface area contributed by atoms with E-state index in [-0.39, 0.29) is 13.0 Å². The zero-order chi connectivity index (χ0) is 14.6. The van der Waals surface area contributed by atoms with Crippen molar-refractivity contribution in [3.8, 4) is 0 Å². The fourth-order valence-electron chi connectivity index (χ4n) is 1.78. The largest absolute Gasteiger partial charge is 0.464 e. The predicted octanol–water partition coefficient (Wildman–Crippen LogP) is 2.95. The summed E-state index contributed by atoms with van der Waals surface area (Å²) in [5, 5.41) is 4.24. The molecule has 1 heterocycles. The molecule has 0 saturated carbocycles. The lowest BCUT2D eigenvalue weighted by Crippen LogP contribution is -2.39. The molecule has 0 bridgehead atoms. The summed E-state index contributed by atoms with van der Waals surface area (Å²) < 4.78 is 30.2. The van der Waals surface area contributed by atoms with Crippen molar-refractivity contribution in [2.45, 2.75) is 39.7 Å². The zero-order valence-electron chi connectivity index (χ0n) is 11.5. The van der Waals surface area contributed by atoms with Gasteiger partial charge in [-0.05, 0) is 39.8 Å². The molecule has 4 nitrogen and oxygen atoms in total. The predicted molar refractivity (Wildman–Crippen MR) is 66.9 cm³/mol. The van der Waals surface area contributed by atoms with Crippen LogP contribution in [-0.2, 0) is 15.1 Å². The van der Waals surface area contributed by atoms with Gasteiger partial charge in [0.2, 0.25) is 0 Å². The molecule has 0 radical (unpaired) electrons. The van der Waals surface area contributed by atoms with Crippen LogP contribution in [0.15, 0.2) is 18.2 Å². The zero-order valence-corrected chi connectivity index (χ0v) is 11.5. The summed E-state index contributed by atoms with van der Waals surface area (Å²) >= 11 is 0. The molecule has 0 unspecified atom stereocenters. The Balaban J connectivity index is 2.69. The molecule has 0 amide bonds. The summed E-state index contributed by atoms with van der Waals surface area (Å²) in [5.74, 6) is -0.494. The van der Waals surface area contributed by atoms with E-state index in [0.717, 1.165) is 17.5 Å². The van der Waals surface area contributed by atoms with Crippen LogP contribution in [0.5, 0.6) is 0 Å². The topological polar surface area (TPSA) is 44.1 Å². The van der Waals surface area contributed by atoms with Crippen molar-refractivity contribution >= 4 is 5.97 Å². The van der Waals surface area contributed by atoms with Crippen molar-refractivity contribution < 1.29 is 18.3 Å². The lowest BCUT2D eigenvalue weighted by atomic mass is 10.1. The summed E-state index contributed by atoms with van der Waals surface area (Å²) in [6.07, 6.45) is -1.04. The lowest BCUT2D eigenvalue weighted by Gasteiger charge is -2.24. The van der Waals surface area contributed by atoms with E-state index in [1.165, 1.54) is 0 Å². The Labute approximate surface area is 111 Å². The van der Waals surface area contributed by atoms with Crippen LogP contribution < -0.4 is 0 Å². The lowest BCUT2D eigenvalue weighted by molar-refractivity contribution is -0.153. The molecule has 6 heteroatoms. The van der Waals surface area contributed by atoms with Gasteiger partial charge in [0.05, 0.1) is 12.3 Å². The van der Waals surface area contributed by atoms with Crippen molar-refractivity contribution in [2.24, 2.45) is 0 Å². The van der Waals surface area contributed by atoms with Crippen LogP contribution in [0.1, 0.15) is 31.7 Å². The quantitative estimate of drug-likeness (QED) is 0.611. The SMILES string of the molecule is Cc1cc(C)n(C(C)(C)C(=O)OCCC=C(F)F)n1. The van der Waals surface area contributed by atoms with Gasteiger partial charge in [0.15, 0.2) is 5.54 Å². The second-order valence-electron chi connectivity index (χ2n) is 4.82. The third kappa shape index (κ3) is 3.87. The molecule has 1 aromatic rings. The summed E-state index contributed by atoms with van der Waals surface area (Å²) in [7, 11) is 0. The first-order valence-electron chi connectivity index (χ1n) is 5.97. The molecule has 0 aliphatic rings. The monoisotopic (exact) mass is 272 g/mol. The van der Waals surface area contributed by atoms with E-state index in [1.807, 2.05) is 19.9 Å². The van der Waals surface area contributed by atoms with Gasteiger partial charge >= 0.3 is 5.97 Å². The van der Waals surface area contributed by atoms with E-state index >= 15 is 0 Å². The molecule has 0 saturated heterocycles. The molecule has 0 aliphatic carbocycles. The van der Waals surface area contributed by atoms with Crippen LogP contribution in [0.25, 0.3) is 0 Å². The van der Waals surface area contributed by atoms with Gasteiger partial charge in [-0.25, -0.2) is 4.79 Å². The number of aryl methyl sites for hydroxylation is 2. The number of rotatable bonds is 5. The minimum absolute atomic E-state index is 0.00126. The van der Waals surface area contributed by atoms with E-state index in [1.54, 1.807) is 18.5 Å². The van der Waals surface area contributed by atoms with Crippen LogP contribution in [0.3, 0.4) is 0 Å². The molecule has 0 N–H and O–H groups in total. The molecule has 19 heavy (non-hydrogen) atoms. The maximum Gasteiger partial charge on any atom is 0.333 e. The number of aromatic nitrogens is 2. The van der Waals surface area contributed by atoms with Crippen molar-refractivity contribution in [3.63, 3.8) is 0 Å². The van der Waals surface area contributed by atoms with E-state index < -0.39 is 17.6 Å². The molecule has 106 valence electrons. The molecule has 0 aliphatic heterocycles. The first kappa shape index (κ1) is 15.3. The van der Waals surface area contributed by atoms with Crippen molar-refractivity contribution in [1.29, 1.82) is 0 Å². The molecule has 1 rings (SSSR count). The van der Waals surface area contributed by atoms with Crippen LogP contribution in [0.4, 0.5) is 8.78 Å². The molecule has 1 aromatic heterocycles. The average molecular weight is 272 g/mol. The fourth-order valence-corrected chi connectivity index (χ4v) is 1.78. The van der Waals surface area contributed by atoms with Crippen LogP contribution in [0, 0.1) is 13.8 Å². The Hall–Kier alpha value is -1.72. The number of hydrogen-bond acceptors (Lipinski definition) is 3. The number of carbonyl (C=O) groups excluding carboxylic acids is 1. The van der Waals surface area contributed by atoms with Crippen molar-refractivity contribution in [2.75, 3.05) is 6.61 Å². The Morgan fingerprint density at radius 2 is 2.11 bits per heavy atom. The Morgan fingerprint density at radius 3 is 2.58 bits per heavy atom. The van der Waals surface area contributed by atoms with Gasteiger partial charge in [-0.15, -0.1) is 0 Å². The number of esters is 1. The molecular weight excluding hydrogens is 254 g/mol. The first-order valence-corrected chi connectivity index (χ1v) is 5.97. The van der Waals surface area contributed by atoms with Gasteiger partial charge in [0, 0.05) is 12.1 Å². The minimum atomic E-state index is -1.77. The third-order valence-corrected chi connectivity index (χ3v) is 2.69. The van der Waals surface area contributed by atoms with Gasteiger partial charge in [-0.1, -0.05) is 0 Å². The highest BCUT2D eigenvalue weighted by Gasteiger charge is 2.33. The maximum atomic E-state index is 12.0. The number of hydrogen-bond donors (Lipinski definition) is 0. The average Bonchev–Trinajstić information content (AvgIpc) is 2.64. The Morgan fingerprint density at radius 1 is 1.47 bits per heavy atom. The molecule has 0 aromatic carbocycles. The van der Waals surface area contributed by atoms with Gasteiger partial charge in [0.1, 0.15) is 0 Å². The second-order valence-corrected chi connectivity index (χ2v) is 4.82. The highest BCUT2D eigenvalue weighted by Crippen LogP contribution is 2.19. The molecule has 0 atom stereocenters. The minimum Gasteiger partial charge on any atom is -0.464 e. The van der Waals surface area contributed by atoms with Crippen LogP contribution in [0.2, 0.25) is 0 Å². The maximum absolute atomic E-state index is 12.0. The first-order chi connectivity index (χ1) is 8.75. The highest BCUT2D eigenvalue weighted by atomic mass is 19.3. The van der Waals surface area contributed by atoms with Crippen LogP contribution in [-0.4, -0.2) is 22.4 Å². The number of nitrogens with zero attached hydrogens (tertiary/aromatic N) is 2. The number of halogens is 2. The van der Waals surface area contributed by atoms with Crippen molar-refractivity contribution in [3.05, 3.63) is 29.6 Å². The van der Waals surface area contributed by atoms with Gasteiger partial charge in [-0.2, -0.15) is 13.9 Å². The Kier molecular flexibility index (Phi) is 4.80. The Bertz CT molecular complexity index is 489. The molecular formula is C13H18F2N2O2. The fraction of sp³-hybridized carbons (Fsp3) is 0.538. The van der Waals surface area contributed by atoms with Crippen LogP contribution >= 0.6 is 0 Å². The summed E-state index contributed by atoms with van der Waals surface area (Å²) in [5.41, 5.74) is 0.686. The third-order valence-electron chi connectivity index (χ3n) is 2.69. The van der Waals surface area contributed by atoms with Gasteiger partial charge < -0.3 is 4.74 Å². The van der Waals surface area contributed by atoms with E-state index in [4.69, 9.17) is 4.74 Å². The normalized spacial score (nSPS) is 11.3.